The molecule has 0 atom stereocenters. The SMILES string of the molecule is Nc1ncnc2c1nc(Sc1cc(Cl)cc(Cl)c1)n2CCCNCCCCCCNC1CCCCCC1. The number of benzene rings is 1. The molecular formula is C27H39Cl2N7S. The molecule has 1 aliphatic rings. The fourth-order valence-electron chi connectivity index (χ4n) is 4.91. The highest BCUT2D eigenvalue weighted by Gasteiger charge is 2.16. The Balaban J connectivity index is 1.17. The number of unbranched alkanes of at least 4 members (excludes halogenated alkanes) is 3. The second-order valence-corrected chi connectivity index (χ2v) is 11.8. The van der Waals surface area contributed by atoms with E-state index in [9.17, 15) is 0 Å². The minimum Gasteiger partial charge on any atom is -0.382 e. The van der Waals surface area contributed by atoms with Crippen molar-refractivity contribution in [3.8, 4) is 0 Å². The van der Waals surface area contributed by atoms with E-state index in [2.05, 4.69) is 25.2 Å². The van der Waals surface area contributed by atoms with Crippen molar-refractivity contribution >= 4 is 51.9 Å². The van der Waals surface area contributed by atoms with Crippen LogP contribution in [-0.2, 0) is 6.54 Å². The van der Waals surface area contributed by atoms with Crippen LogP contribution in [0.5, 0.6) is 0 Å². The number of fused-ring (bicyclic) bond motifs is 1. The first-order valence-corrected chi connectivity index (χ1v) is 15.2. The van der Waals surface area contributed by atoms with Crippen LogP contribution in [-0.4, -0.2) is 45.2 Å². The molecule has 0 aliphatic heterocycles. The maximum atomic E-state index is 6.20. The smallest absolute Gasteiger partial charge is 0.175 e. The molecule has 0 spiro atoms. The Morgan fingerprint density at radius 1 is 0.892 bits per heavy atom. The monoisotopic (exact) mass is 563 g/mol. The van der Waals surface area contributed by atoms with Crippen LogP contribution in [0.1, 0.15) is 70.6 Å². The molecule has 0 saturated heterocycles. The fourth-order valence-corrected chi connectivity index (χ4v) is 6.57. The molecule has 37 heavy (non-hydrogen) atoms. The Labute approximate surface area is 234 Å². The fraction of sp³-hybridized carbons (Fsp3) is 0.593. The van der Waals surface area contributed by atoms with Crippen LogP contribution in [0.3, 0.4) is 0 Å². The number of aromatic nitrogens is 4. The number of nitrogen functional groups attached to an aromatic ring is 1. The van der Waals surface area contributed by atoms with Gasteiger partial charge in [-0.25, -0.2) is 15.0 Å². The van der Waals surface area contributed by atoms with Crippen molar-refractivity contribution in [1.82, 2.24) is 30.2 Å². The van der Waals surface area contributed by atoms with Crippen molar-refractivity contribution in [3.05, 3.63) is 34.6 Å². The zero-order valence-corrected chi connectivity index (χ0v) is 23.9. The maximum Gasteiger partial charge on any atom is 0.175 e. The predicted octanol–water partition coefficient (Wildman–Crippen LogP) is 6.72. The molecule has 3 aromatic rings. The molecule has 1 fully saturated rings. The average Bonchev–Trinajstić information content (AvgIpc) is 3.02. The number of hydrogen-bond donors (Lipinski definition) is 3. The molecule has 202 valence electrons. The lowest BCUT2D eigenvalue weighted by molar-refractivity contribution is 0.447. The first-order valence-electron chi connectivity index (χ1n) is 13.6. The molecule has 1 aromatic carbocycles. The van der Waals surface area contributed by atoms with Crippen molar-refractivity contribution < 1.29 is 0 Å². The number of nitrogens with one attached hydrogen (secondary N) is 2. The summed E-state index contributed by atoms with van der Waals surface area (Å²) >= 11 is 13.9. The maximum absolute atomic E-state index is 6.20. The first-order chi connectivity index (χ1) is 18.1. The van der Waals surface area contributed by atoms with Crippen LogP contribution in [0.2, 0.25) is 10.0 Å². The lowest BCUT2D eigenvalue weighted by Crippen LogP contribution is -2.29. The van der Waals surface area contributed by atoms with Gasteiger partial charge in [0.2, 0.25) is 0 Å². The van der Waals surface area contributed by atoms with Crippen LogP contribution in [0.4, 0.5) is 5.82 Å². The molecule has 2 aromatic heterocycles. The molecule has 1 aliphatic carbocycles. The van der Waals surface area contributed by atoms with Crippen LogP contribution < -0.4 is 16.4 Å². The van der Waals surface area contributed by atoms with E-state index in [1.54, 1.807) is 6.07 Å². The number of imidazole rings is 1. The summed E-state index contributed by atoms with van der Waals surface area (Å²) in [6.45, 7) is 3.95. The molecule has 0 unspecified atom stereocenters. The standard InChI is InChI=1S/C27H39Cl2N7S/c28-20-16-21(29)18-23(17-20)37-27-35-24-25(30)33-19-34-26(24)36(27)15-9-13-31-12-7-3-4-8-14-32-22-10-5-1-2-6-11-22/h16-19,22,31-32H,1-15H2,(H2,30,33,34). The third-order valence-electron chi connectivity index (χ3n) is 6.87. The lowest BCUT2D eigenvalue weighted by Gasteiger charge is -2.15. The van der Waals surface area contributed by atoms with Gasteiger partial charge in [0, 0.05) is 27.5 Å². The van der Waals surface area contributed by atoms with Gasteiger partial charge in [-0.1, -0.05) is 73.5 Å². The van der Waals surface area contributed by atoms with E-state index in [1.165, 1.54) is 88.8 Å². The normalized spacial score (nSPS) is 14.9. The van der Waals surface area contributed by atoms with E-state index < -0.39 is 0 Å². The molecule has 7 nitrogen and oxygen atoms in total. The third-order valence-corrected chi connectivity index (χ3v) is 8.28. The van der Waals surface area contributed by atoms with Gasteiger partial charge in [-0.3, -0.25) is 0 Å². The van der Waals surface area contributed by atoms with Crippen molar-refractivity contribution in [2.45, 2.75) is 93.3 Å². The second kappa shape index (κ2) is 15.1. The van der Waals surface area contributed by atoms with Crippen LogP contribution in [0.25, 0.3) is 11.2 Å². The number of hydrogen-bond acceptors (Lipinski definition) is 7. The second-order valence-electron chi connectivity index (χ2n) is 9.84. The molecule has 0 bridgehead atoms. The number of aryl methyl sites for hydroxylation is 1. The Morgan fingerprint density at radius 2 is 1.59 bits per heavy atom. The first kappa shape index (κ1) is 28.4. The third kappa shape index (κ3) is 8.99. The van der Waals surface area contributed by atoms with Crippen LogP contribution in [0.15, 0.2) is 34.6 Å². The van der Waals surface area contributed by atoms with Gasteiger partial charge in [0.1, 0.15) is 6.33 Å². The van der Waals surface area contributed by atoms with Gasteiger partial charge in [0.15, 0.2) is 22.1 Å². The summed E-state index contributed by atoms with van der Waals surface area (Å²) in [6.07, 6.45) is 15.9. The molecular weight excluding hydrogens is 525 g/mol. The van der Waals surface area contributed by atoms with Crippen LogP contribution in [0, 0.1) is 0 Å². The molecule has 10 heteroatoms. The van der Waals surface area contributed by atoms with Crippen molar-refractivity contribution in [2.75, 3.05) is 25.4 Å². The summed E-state index contributed by atoms with van der Waals surface area (Å²) in [5.41, 5.74) is 7.46. The minimum absolute atomic E-state index is 0.386. The number of nitrogens with zero attached hydrogens (tertiary/aromatic N) is 4. The van der Waals surface area contributed by atoms with Gasteiger partial charge in [-0.15, -0.1) is 0 Å². The van der Waals surface area contributed by atoms with Gasteiger partial charge in [-0.05, 0) is 69.9 Å². The van der Waals surface area contributed by atoms with E-state index in [4.69, 9.17) is 33.9 Å². The van der Waals surface area contributed by atoms with Crippen molar-refractivity contribution in [2.24, 2.45) is 0 Å². The molecule has 0 radical (unpaired) electrons. The Bertz CT molecular complexity index is 1100. The molecule has 2 heterocycles. The Kier molecular flexibility index (Phi) is 11.6. The number of nitrogens with two attached hydrogens (primary N) is 1. The van der Waals surface area contributed by atoms with E-state index in [0.717, 1.165) is 47.8 Å². The van der Waals surface area contributed by atoms with Gasteiger partial charge in [0.25, 0.3) is 0 Å². The Morgan fingerprint density at radius 3 is 2.35 bits per heavy atom. The number of rotatable bonds is 14. The molecule has 4 rings (SSSR count). The highest BCUT2D eigenvalue weighted by molar-refractivity contribution is 7.99. The van der Waals surface area contributed by atoms with Crippen LogP contribution >= 0.6 is 35.0 Å². The molecule has 4 N–H and O–H groups in total. The summed E-state index contributed by atoms with van der Waals surface area (Å²) in [6, 6.07) is 6.25. The Hall–Kier alpha value is -1.58. The van der Waals surface area contributed by atoms with Gasteiger partial charge < -0.3 is 20.9 Å². The summed E-state index contributed by atoms with van der Waals surface area (Å²) in [5.74, 6) is 0.386. The highest BCUT2D eigenvalue weighted by atomic mass is 35.5. The quantitative estimate of drug-likeness (QED) is 0.148. The molecule has 1 saturated carbocycles. The van der Waals surface area contributed by atoms with Gasteiger partial charge in [-0.2, -0.15) is 0 Å². The highest BCUT2D eigenvalue weighted by Crippen LogP contribution is 2.34. The van der Waals surface area contributed by atoms with E-state index in [-0.39, 0.29) is 0 Å². The topological polar surface area (TPSA) is 93.7 Å². The van der Waals surface area contributed by atoms with E-state index in [1.807, 2.05) is 12.1 Å². The summed E-state index contributed by atoms with van der Waals surface area (Å²) in [7, 11) is 0. The lowest BCUT2D eigenvalue weighted by atomic mass is 10.1. The van der Waals surface area contributed by atoms with E-state index >= 15 is 0 Å². The number of halogens is 2. The predicted molar refractivity (Wildman–Crippen MR) is 156 cm³/mol. The van der Waals surface area contributed by atoms with E-state index in [0.29, 0.717) is 21.4 Å². The van der Waals surface area contributed by atoms with Gasteiger partial charge >= 0.3 is 0 Å². The van der Waals surface area contributed by atoms with Gasteiger partial charge in [0.05, 0.1) is 0 Å². The molecule has 0 amide bonds. The summed E-state index contributed by atoms with van der Waals surface area (Å²) < 4.78 is 2.11. The van der Waals surface area contributed by atoms with Crippen molar-refractivity contribution in [1.29, 1.82) is 0 Å². The average molecular weight is 565 g/mol. The zero-order chi connectivity index (χ0) is 25.9. The largest absolute Gasteiger partial charge is 0.382 e. The summed E-state index contributed by atoms with van der Waals surface area (Å²) in [5, 5.41) is 9.37. The minimum atomic E-state index is 0.386. The zero-order valence-electron chi connectivity index (χ0n) is 21.5. The van der Waals surface area contributed by atoms with Crippen molar-refractivity contribution in [3.63, 3.8) is 0 Å². The number of anilines is 1. The summed E-state index contributed by atoms with van der Waals surface area (Å²) in [4.78, 5) is 14.2.